The highest BCUT2D eigenvalue weighted by atomic mass is 35.5. The number of likely N-dealkylation sites (tertiary alicyclic amines) is 1. The van der Waals surface area contributed by atoms with Crippen molar-refractivity contribution >= 4 is 11.6 Å². The Morgan fingerprint density at radius 2 is 2.24 bits per heavy atom. The molecule has 1 saturated heterocycles. The summed E-state index contributed by atoms with van der Waals surface area (Å²) in [6.07, 6.45) is 4.55. The minimum atomic E-state index is -0.467. The lowest BCUT2D eigenvalue weighted by molar-refractivity contribution is -0.0238. The molecule has 1 fully saturated rings. The zero-order valence-electron chi connectivity index (χ0n) is 12.6. The molecule has 1 aromatic carbocycles. The highest BCUT2D eigenvalue weighted by molar-refractivity contribution is 6.30. The van der Waals surface area contributed by atoms with E-state index in [-0.39, 0.29) is 5.60 Å². The van der Waals surface area contributed by atoms with Gasteiger partial charge in [0.2, 0.25) is 0 Å². The molecule has 4 heteroatoms. The summed E-state index contributed by atoms with van der Waals surface area (Å²) in [5.74, 6) is 0.807. The van der Waals surface area contributed by atoms with E-state index in [1.54, 1.807) is 0 Å². The second kappa shape index (κ2) is 6.15. The molecule has 1 unspecified atom stereocenters. The Balaban J connectivity index is 1.79. The van der Waals surface area contributed by atoms with Crippen molar-refractivity contribution in [2.45, 2.75) is 50.7 Å². The molecule has 2 heterocycles. The fourth-order valence-corrected chi connectivity index (χ4v) is 3.86. The van der Waals surface area contributed by atoms with Crippen molar-refractivity contribution in [3.63, 3.8) is 0 Å². The summed E-state index contributed by atoms with van der Waals surface area (Å²) in [4.78, 5) is 2.52. The number of halogens is 1. The van der Waals surface area contributed by atoms with Crippen LogP contribution in [0.25, 0.3) is 0 Å². The van der Waals surface area contributed by atoms with Crippen LogP contribution < -0.4 is 4.74 Å². The predicted molar refractivity (Wildman–Crippen MR) is 85.0 cm³/mol. The van der Waals surface area contributed by atoms with Crippen molar-refractivity contribution < 1.29 is 9.84 Å². The molecule has 2 atom stereocenters. The molecule has 0 bridgehead atoms. The Labute approximate surface area is 131 Å². The molecule has 1 N–H and O–H groups in total. The molecule has 0 amide bonds. The highest BCUT2D eigenvalue weighted by Crippen LogP contribution is 2.44. The van der Waals surface area contributed by atoms with E-state index in [2.05, 4.69) is 11.8 Å². The number of hydrogen-bond acceptors (Lipinski definition) is 3. The van der Waals surface area contributed by atoms with Gasteiger partial charge in [-0.15, -0.1) is 0 Å². The van der Waals surface area contributed by atoms with E-state index >= 15 is 0 Å². The number of aliphatic hydroxyl groups excluding tert-OH is 1. The Hall–Kier alpha value is -0.770. The first kappa shape index (κ1) is 15.1. The smallest absolute Gasteiger partial charge is 0.126 e. The number of hydrogen-bond donors (Lipinski definition) is 1. The molecule has 0 aliphatic carbocycles. The zero-order valence-corrected chi connectivity index (χ0v) is 13.4. The van der Waals surface area contributed by atoms with E-state index < -0.39 is 6.10 Å². The number of aliphatic hydroxyl groups is 1. The van der Waals surface area contributed by atoms with Crippen molar-refractivity contribution in [1.29, 1.82) is 0 Å². The van der Waals surface area contributed by atoms with Gasteiger partial charge < -0.3 is 14.7 Å². The van der Waals surface area contributed by atoms with E-state index in [9.17, 15) is 5.11 Å². The highest BCUT2D eigenvalue weighted by Gasteiger charge is 2.41. The predicted octanol–water partition coefficient (Wildman–Crippen LogP) is 3.79. The molecule has 1 aromatic rings. The summed E-state index contributed by atoms with van der Waals surface area (Å²) < 4.78 is 6.35. The lowest BCUT2D eigenvalue weighted by atomic mass is 9.83. The van der Waals surface area contributed by atoms with Gasteiger partial charge in [0.1, 0.15) is 11.4 Å². The molecule has 116 valence electrons. The molecular formula is C17H24ClNO2. The largest absolute Gasteiger partial charge is 0.487 e. The van der Waals surface area contributed by atoms with Gasteiger partial charge in [0.15, 0.2) is 0 Å². The van der Waals surface area contributed by atoms with Crippen molar-refractivity contribution in [3.8, 4) is 5.75 Å². The van der Waals surface area contributed by atoms with Gasteiger partial charge in [-0.25, -0.2) is 0 Å². The molecular weight excluding hydrogens is 286 g/mol. The summed E-state index contributed by atoms with van der Waals surface area (Å²) >= 11 is 6.03. The minimum absolute atomic E-state index is 0.206. The molecule has 3 rings (SSSR count). The average Bonchev–Trinajstić information content (AvgIpc) is 2.64. The van der Waals surface area contributed by atoms with Gasteiger partial charge >= 0.3 is 0 Å². The number of ether oxygens (including phenoxy) is 1. The van der Waals surface area contributed by atoms with Crippen LogP contribution in [0, 0.1) is 0 Å². The number of rotatable bonds is 2. The third-order valence-corrected chi connectivity index (χ3v) is 4.99. The standard InChI is InChI=1S/C17H24ClNO2/c1-2-8-19-9-3-6-17(7-10-19)12-15(20)14-11-13(18)4-5-16(14)21-17/h4-5,11,15,20H,2-3,6-10,12H2,1H3/t15-,17?/m0/s1. The van der Waals surface area contributed by atoms with Gasteiger partial charge in [-0.05, 0) is 57.0 Å². The molecule has 0 aromatic heterocycles. The van der Waals surface area contributed by atoms with Crippen molar-refractivity contribution in [3.05, 3.63) is 28.8 Å². The third kappa shape index (κ3) is 3.20. The SMILES string of the molecule is CCCN1CCCC2(CC1)C[C@H](O)c1cc(Cl)ccc1O2. The first-order valence-corrected chi connectivity index (χ1v) is 8.38. The monoisotopic (exact) mass is 309 g/mol. The van der Waals surface area contributed by atoms with E-state index in [4.69, 9.17) is 16.3 Å². The third-order valence-electron chi connectivity index (χ3n) is 4.75. The molecule has 0 radical (unpaired) electrons. The van der Waals surface area contributed by atoms with Crippen molar-refractivity contribution in [2.75, 3.05) is 19.6 Å². The topological polar surface area (TPSA) is 32.7 Å². The second-order valence-electron chi connectivity index (χ2n) is 6.38. The fourth-order valence-electron chi connectivity index (χ4n) is 3.68. The van der Waals surface area contributed by atoms with Crippen LogP contribution in [0.15, 0.2) is 18.2 Å². The number of fused-ring (bicyclic) bond motifs is 1. The molecule has 2 aliphatic heterocycles. The quantitative estimate of drug-likeness (QED) is 0.902. The van der Waals surface area contributed by atoms with Crippen LogP contribution in [-0.2, 0) is 0 Å². The van der Waals surface area contributed by atoms with Gasteiger partial charge in [0.25, 0.3) is 0 Å². The first-order chi connectivity index (χ1) is 10.1. The van der Waals surface area contributed by atoms with Gasteiger partial charge in [0, 0.05) is 23.6 Å². The molecule has 0 saturated carbocycles. The summed E-state index contributed by atoms with van der Waals surface area (Å²) in [5, 5.41) is 11.2. The Bertz CT molecular complexity index is 508. The maximum Gasteiger partial charge on any atom is 0.126 e. The van der Waals surface area contributed by atoms with Gasteiger partial charge in [-0.1, -0.05) is 18.5 Å². The van der Waals surface area contributed by atoms with Crippen molar-refractivity contribution in [2.24, 2.45) is 0 Å². The normalized spacial score (nSPS) is 29.8. The van der Waals surface area contributed by atoms with Crippen LogP contribution in [0.2, 0.25) is 5.02 Å². The van der Waals surface area contributed by atoms with Crippen LogP contribution >= 0.6 is 11.6 Å². The lowest BCUT2D eigenvalue weighted by Crippen LogP contribution is -2.42. The van der Waals surface area contributed by atoms with Crippen LogP contribution in [0.5, 0.6) is 5.75 Å². The van der Waals surface area contributed by atoms with Crippen molar-refractivity contribution in [1.82, 2.24) is 4.90 Å². The summed E-state index contributed by atoms with van der Waals surface area (Å²) in [5.41, 5.74) is 0.630. The zero-order chi connectivity index (χ0) is 14.9. The fraction of sp³-hybridized carbons (Fsp3) is 0.647. The number of benzene rings is 1. The Morgan fingerprint density at radius 1 is 1.38 bits per heavy atom. The second-order valence-corrected chi connectivity index (χ2v) is 6.82. The molecule has 2 aliphatic rings. The van der Waals surface area contributed by atoms with Gasteiger partial charge in [-0.3, -0.25) is 0 Å². The van der Waals surface area contributed by atoms with E-state index in [0.717, 1.165) is 50.2 Å². The van der Waals surface area contributed by atoms with E-state index in [1.165, 1.54) is 6.42 Å². The van der Waals surface area contributed by atoms with Crippen LogP contribution in [-0.4, -0.2) is 35.2 Å². The average molecular weight is 310 g/mol. The minimum Gasteiger partial charge on any atom is -0.487 e. The van der Waals surface area contributed by atoms with E-state index in [0.29, 0.717) is 11.4 Å². The van der Waals surface area contributed by atoms with Crippen LogP contribution in [0.3, 0.4) is 0 Å². The van der Waals surface area contributed by atoms with Gasteiger partial charge in [0.05, 0.1) is 6.10 Å². The van der Waals surface area contributed by atoms with E-state index in [1.807, 2.05) is 18.2 Å². The Morgan fingerprint density at radius 3 is 3.05 bits per heavy atom. The molecule has 21 heavy (non-hydrogen) atoms. The summed E-state index contributed by atoms with van der Waals surface area (Å²) in [7, 11) is 0. The number of nitrogens with zero attached hydrogens (tertiary/aromatic N) is 1. The first-order valence-electron chi connectivity index (χ1n) is 8.01. The lowest BCUT2D eigenvalue weighted by Gasteiger charge is -2.40. The maximum absolute atomic E-state index is 10.5. The maximum atomic E-state index is 10.5. The van der Waals surface area contributed by atoms with Crippen LogP contribution in [0.1, 0.15) is 50.7 Å². The Kier molecular flexibility index (Phi) is 4.43. The van der Waals surface area contributed by atoms with Gasteiger partial charge in [-0.2, -0.15) is 0 Å². The molecule has 3 nitrogen and oxygen atoms in total. The summed E-state index contributed by atoms with van der Waals surface area (Å²) in [6, 6.07) is 5.57. The van der Waals surface area contributed by atoms with Crippen LogP contribution in [0.4, 0.5) is 0 Å². The molecule has 1 spiro atoms. The summed E-state index contributed by atoms with van der Waals surface area (Å²) in [6.45, 7) is 5.58.